The Morgan fingerprint density at radius 2 is 1.74 bits per heavy atom. The second-order valence-electron chi connectivity index (χ2n) is 6.70. The fourth-order valence-electron chi connectivity index (χ4n) is 3.23. The van der Waals surface area contributed by atoms with E-state index in [9.17, 15) is 9.18 Å². The Kier molecular flexibility index (Phi) is 6.05. The molecule has 0 saturated carbocycles. The Morgan fingerprint density at radius 1 is 1.11 bits per heavy atom. The molecule has 1 N–H and O–H groups in total. The molecule has 1 atom stereocenters. The van der Waals surface area contributed by atoms with Gasteiger partial charge in [-0.3, -0.25) is 9.69 Å². The maximum Gasteiger partial charge on any atom is 0.241 e. The molecule has 1 aliphatic rings. The van der Waals surface area contributed by atoms with E-state index in [1.54, 1.807) is 12.1 Å². The lowest BCUT2D eigenvalue weighted by atomic mass is 10.1. The Labute approximate surface area is 159 Å². The predicted molar refractivity (Wildman–Crippen MR) is 104 cm³/mol. The maximum absolute atomic E-state index is 13.1. The molecule has 3 rings (SSSR count). The number of nitriles is 1. The first-order valence-electron chi connectivity index (χ1n) is 9.08. The smallest absolute Gasteiger partial charge is 0.241 e. The van der Waals surface area contributed by atoms with Gasteiger partial charge in [0, 0.05) is 37.6 Å². The van der Waals surface area contributed by atoms with E-state index in [4.69, 9.17) is 5.26 Å². The average molecular weight is 366 g/mol. The van der Waals surface area contributed by atoms with Gasteiger partial charge in [-0.1, -0.05) is 12.1 Å². The van der Waals surface area contributed by atoms with E-state index in [0.29, 0.717) is 6.42 Å². The summed E-state index contributed by atoms with van der Waals surface area (Å²) in [5.41, 5.74) is 2.67. The molecule has 1 saturated heterocycles. The van der Waals surface area contributed by atoms with Gasteiger partial charge in [0.25, 0.3) is 0 Å². The number of carbonyl (C=O) groups is 1. The van der Waals surface area contributed by atoms with Crippen molar-refractivity contribution >= 4 is 17.3 Å². The number of nitrogens with one attached hydrogen (secondary N) is 1. The molecule has 27 heavy (non-hydrogen) atoms. The number of piperazine rings is 1. The summed E-state index contributed by atoms with van der Waals surface area (Å²) in [6.45, 7) is 5.05. The summed E-state index contributed by atoms with van der Waals surface area (Å²) in [4.78, 5) is 16.9. The largest absolute Gasteiger partial charge is 0.369 e. The molecule has 0 bridgehead atoms. The first-order chi connectivity index (χ1) is 13.1. The molecule has 0 radical (unpaired) electrons. The van der Waals surface area contributed by atoms with Gasteiger partial charge in [0.15, 0.2) is 0 Å². The number of halogens is 1. The fraction of sp³-hybridized carbons (Fsp3) is 0.333. The Bertz CT molecular complexity index is 806. The highest BCUT2D eigenvalue weighted by Gasteiger charge is 2.25. The molecular formula is C21H23FN4O. The molecule has 0 aliphatic carbocycles. The zero-order chi connectivity index (χ0) is 19.2. The molecule has 140 valence electrons. The van der Waals surface area contributed by atoms with Crippen molar-refractivity contribution in [3.8, 4) is 6.07 Å². The van der Waals surface area contributed by atoms with Crippen molar-refractivity contribution in [2.24, 2.45) is 0 Å². The molecule has 2 aromatic carbocycles. The van der Waals surface area contributed by atoms with Gasteiger partial charge in [0.05, 0.1) is 18.5 Å². The van der Waals surface area contributed by atoms with Crippen molar-refractivity contribution in [2.45, 2.75) is 19.4 Å². The zero-order valence-electron chi connectivity index (χ0n) is 15.4. The number of hydrogen-bond acceptors (Lipinski definition) is 4. The van der Waals surface area contributed by atoms with Gasteiger partial charge in [0.1, 0.15) is 5.82 Å². The van der Waals surface area contributed by atoms with E-state index in [0.717, 1.165) is 43.1 Å². The molecule has 5 nitrogen and oxygen atoms in total. The Hall–Kier alpha value is -2.91. The van der Waals surface area contributed by atoms with Crippen LogP contribution in [0, 0.1) is 17.1 Å². The van der Waals surface area contributed by atoms with E-state index in [1.165, 1.54) is 12.1 Å². The van der Waals surface area contributed by atoms with Crippen LogP contribution < -0.4 is 10.2 Å². The highest BCUT2D eigenvalue weighted by Crippen LogP contribution is 2.18. The van der Waals surface area contributed by atoms with Crippen LogP contribution in [-0.4, -0.2) is 43.0 Å². The third-order valence-electron chi connectivity index (χ3n) is 4.94. The molecule has 6 heteroatoms. The number of nitrogens with zero attached hydrogens (tertiary/aromatic N) is 3. The molecule has 1 unspecified atom stereocenters. The topological polar surface area (TPSA) is 59.4 Å². The standard InChI is InChI=1S/C21H23FN4O/c1-16(21(27)24-19-6-2-17(3-7-19)10-11-23)25-12-14-26(15-13-25)20-8-4-18(22)5-9-20/h2-9,16H,10,12-15H2,1H3,(H,24,27). The molecule has 1 amide bonds. The van der Waals surface area contributed by atoms with E-state index >= 15 is 0 Å². The highest BCUT2D eigenvalue weighted by atomic mass is 19.1. The third-order valence-corrected chi connectivity index (χ3v) is 4.94. The van der Waals surface area contributed by atoms with Gasteiger partial charge in [0.2, 0.25) is 5.91 Å². The number of anilines is 2. The summed E-state index contributed by atoms with van der Waals surface area (Å²) in [5.74, 6) is -0.276. The van der Waals surface area contributed by atoms with Crippen LogP contribution in [-0.2, 0) is 11.2 Å². The Balaban J connectivity index is 1.52. The van der Waals surface area contributed by atoms with E-state index in [1.807, 2.05) is 31.2 Å². The van der Waals surface area contributed by atoms with Crippen LogP contribution in [0.15, 0.2) is 48.5 Å². The van der Waals surface area contributed by atoms with Gasteiger partial charge < -0.3 is 10.2 Å². The number of rotatable bonds is 5. The molecule has 2 aromatic rings. The summed E-state index contributed by atoms with van der Waals surface area (Å²) >= 11 is 0. The predicted octanol–water partition coefficient (Wildman–Crippen LogP) is 3.04. The first kappa shape index (κ1) is 18.9. The summed E-state index contributed by atoms with van der Waals surface area (Å²) in [5, 5.41) is 11.6. The van der Waals surface area contributed by atoms with Gasteiger partial charge in [-0.25, -0.2) is 4.39 Å². The van der Waals surface area contributed by atoms with Gasteiger partial charge in [-0.2, -0.15) is 5.26 Å². The minimum atomic E-state index is -0.237. The van der Waals surface area contributed by atoms with Crippen molar-refractivity contribution in [2.75, 3.05) is 36.4 Å². The number of amides is 1. The quantitative estimate of drug-likeness (QED) is 0.884. The second kappa shape index (κ2) is 8.65. The van der Waals surface area contributed by atoms with Crippen molar-refractivity contribution in [1.82, 2.24) is 4.90 Å². The van der Waals surface area contributed by atoms with E-state index < -0.39 is 0 Å². The fourth-order valence-corrected chi connectivity index (χ4v) is 3.23. The average Bonchev–Trinajstić information content (AvgIpc) is 2.70. The van der Waals surface area contributed by atoms with E-state index in [-0.39, 0.29) is 17.8 Å². The molecule has 0 aromatic heterocycles. The maximum atomic E-state index is 13.1. The van der Waals surface area contributed by atoms with Crippen LogP contribution in [0.3, 0.4) is 0 Å². The minimum absolute atomic E-state index is 0.0433. The minimum Gasteiger partial charge on any atom is -0.369 e. The number of benzene rings is 2. The van der Waals surface area contributed by atoms with Crippen LogP contribution in [0.2, 0.25) is 0 Å². The first-order valence-corrected chi connectivity index (χ1v) is 9.08. The third kappa shape index (κ3) is 4.83. The van der Waals surface area contributed by atoms with Crippen LogP contribution in [0.25, 0.3) is 0 Å². The monoisotopic (exact) mass is 366 g/mol. The molecule has 0 spiro atoms. The van der Waals surface area contributed by atoms with Crippen LogP contribution in [0.5, 0.6) is 0 Å². The Morgan fingerprint density at radius 3 is 2.33 bits per heavy atom. The summed E-state index contributed by atoms with van der Waals surface area (Å²) in [7, 11) is 0. The SMILES string of the molecule is CC(C(=O)Nc1ccc(CC#N)cc1)N1CCN(c2ccc(F)cc2)CC1. The van der Waals surface area contributed by atoms with Gasteiger partial charge in [-0.05, 0) is 48.9 Å². The lowest BCUT2D eigenvalue weighted by molar-refractivity contribution is -0.120. The van der Waals surface area contributed by atoms with Crippen molar-refractivity contribution < 1.29 is 9.18 Å². The lowest BCUT2D eigenvalue weighted by Crippen LogP contribution is -2.52. The number of carbonyl (C=O) groups excluding carboxylic acids is 1. The van der Waals surface area contributed by atoms with Gasteiger partial charge >= 0.3 is 0 Å². The highest BCUT2D eigenvalue weighted by molar-refractivity contribution is 5.94. The summed E-state index contributed by atoms with van der Waals surface area (Å²) < 4.78 is 13.1. The molecular weight excluding hydrogens is 343 g/mol. The molecule has 1 fully saturated rings. The van der Waals surface area contributed by atoms with E-state index in [2.05, 4.69) is 21.2 Å². The molecule has 1 heterocycles. The summed E-state index contributed by atoms with van der Waals surface area (Å²) in [6.07, 6.45) is 0.364. The number of hydrogen-bond donors (Lipinski definition) is 1. The van der Waals surface area contributed by atoms with Crippen molar-refractivity contribution in [3.05, 3.63) is 59.9 Å². The van der Waals surface area contributed by atoms with Gasteiger partial charge in [-0.15, -0.1) is 0 Å². The zero-order valence-corrected chi connectivity index (χ0v) is 15.4. The van der Waals surface area contributed by atoms with Crippen LogP contribution in [0.4, 0.5) is 15.8 Å². The molecule has 1 aliphatic heterocycles. The normalized spacial score (nSPS) is 15.8. The summed E-state index contributed by atoms with van der Waals surface area (Å²) in [6, 6.07) is 15.7. The lowest BCUT2D eigenvalue weighted by Gasteiger charge is -2.38. The van der Waals surface area contributed by atoms with Crippen LogP contribution >= 0.6 is 0 Å². The second-order valence-corrected chi connectivity index (χ2v) is 6.70. The van der Waals surface area contributed by atoms with Crippen molar-refractivity contribution in [1.29, 1.82) is 5.26 Å². The van der Waals surface area contributed by atoms with Crippen molar-refractivity contribution in [3.63, 3.8) is 0 Å². The van der Waals surface area contributed by atoms with Crippen LogP contribution in [0.1, 0.15) is 12.5 Å².